The molecule has 1 atom stereocenters. The van der Waals surface area contributed by atoms with Crippen molar-refractivity contribution < 1.29 is 14.3 Å². The Kier molecular flexibility index (Phi) is 5.60. The highest BCUT2D eigenvalue weighted by Crippen LogP contribution is 2.16. The number of hydrogen-bond donors (Lipinski definition) is 2. The summed E-state index contributed by atoms with van der Waals surface area (Å²) in [5.74, 6) is -0.334. The normalized spacial score (nSPS) is 11.4. The first-order valence-corrected chi connectivity index (χ1v) is 7.42. The van der Waals surface area contributed by atoms with E-state index in [0.717, 1.165) is 5.56 Å². The minimum atomic E-state index is -0.769. The summed E-state index contributed by atoms with van der Waals surface area (Å²) in [6, 6.07) is 13.7. The average molecular weight is 333 g/mol. The second-order valence-electron chi connectivity index (χ2n) is 5.02. The Hall–Kier alpha value is -2.53. The highest BCUT2D eigenvalue weighted by Gasteiger charge is 2.15. The van der Waals surface area contributed by atoms with Gasteiger partial charge < -0.3 is 4.74 Å². The van der Waals surface area contributed by atoms with Crippen LogP contribution in [0.3, 0.4) is 0 Å². The van der Waals surface area contributed by atoms with Gasteiger partial charge in [-0.1, -0.05) is 29.3 Å². The van der Waals surface area contributed by atoms with E-state index in [1.165, 1.54) is 0 Å². The van der Waals surface area contributed by atoms with Crippen molar-refractivity contribution in [2.75, 3.05) is 0 Å². The summed E-state index contributed by atoms with van der Waals surface area (Å²) in [5, 5.41) is 0.583. The Labute approximate surface area is 139 Å². The number of nitrogens with one attached hydrogen (secondary N) is 2. The van der Waals surface area contributed by atoms with E-state index >= 15 is 0 Å². The molecule has 1 unspecified atom stereocenters. The third-order valence-corrected chi connectivity index (χ3v) is 3.36. The maximum Gasteiger partial charge on any atom is 0.279 e. The lowest BCUT2D eigenvalue weighted by molar-refractivity contribution is -0.128. The van der Waals surface area contributed by atoms with Gasteiger partial charge >= 0.3 is 0 Å². The molecule has 0 fully saturated rings. The van der Waals surface area contributed by atoms with Crippen LogP contribution in [0, 0.1) is 6.92 Å². The van der Waals surface area contributed by atoms with E-state index in [9.17, 15) is 9.59 Å². The third-order valence-electron chi connectivity index (χ3n) is 3.11. The van der Waals surface area contributed by atoms with E-state index in [2.05, 4.69) is 10.9 Å². The van der Waals surface area contributed by atoms with Crippen molar-refractivity contribution >= 4 is 23.4 Å². The first kappa shape index (κ1) is 16.8. The van der Waals surface area contributed by atoms with E-state index < -0.39 is 17.9 Å². The Morgan fingerprint density at radius 2 is 1.61 bits per heavy atom. The SMILES string of the molecule is Cc1ccc(C(=O)NNC(=O)C(C)Oc2ccc(Cl)cc2)cc1. The lowest BCUT2D eigenvalue weighted by Crippen LogP contribution is -2.47. The molecule has 0 aromatic heterocycles. The number of hydrazine groups is 1. The van der Waals surface area contributed by atoms with Crippen LogP contribution >= 0.6 is 11.6 Å². The molecule has 0 bridgehead atoms. The second kappa shape index (κ2) is 7.65. The third kappa shape index (κ3) is 5.00. The van der Waals surface area contributed by atoms with Gasteiger partial charge in [-0.05, 0) is 50.2 Å². The van der Waals surface area contributed by atoms with Crippen molar-refractivity contribution in [3.8, 4) is 5.75 Å². The fourth-order valence-electron chi connectivity index (χ4n) is 1.77. The lowest BCUT2D eigenvalue weighted by Gasteiger charge is -2.15. The van der Waals surface area contributed by atoms with Gasteiger partial charge in [0, 0.05) is 10.6 Å². The van der Waals surface area contributed by atoms with Gasteiger partial charge in [-0.25, -0.2) is 0 Å². The molecule has 5 nitrogen and oxygen atoms in total. The molecule has 23 heavy (non-hydrogen) atoms. The molecular weight excluding hydrogens is 316 g/mol. The number of rotatable bonds is 4. The van der Waals surface area contributed by atoms with Crippen molar-refractivity contribution in [2.24, 2.45) is 0 Å². The summed E-state index contributed by atoms with van der Waals surface area (Å²) in [6.07, 6.45) is -0.769. The Bertz CT molecular complexity index is 684. The molecule has 0 saturated heterocycles. The summed E-state index contributed by atoms with van der Waals surface area (Å²) >= 11 is 5.78. The number of halogens is 1. The van der Waals surface area contributed by atoms with Crippen LogP contribution in [-0.4, -0.2) is 17.9 Å². The standard InChI is InChI=1S/C17H17ClN2O3/c1-11-3-5-13(6-4-11)17(22)20-19-16(21)12(2)23-15-9-7-14(18)8-10-15/h3-10,12H,1-2H3,(H,19,21)(H,20,22). The molecule has 2 aromatic carbocycles. The van der Waals surface area contributed by atoms with Crippen molar-refractivity contribution in [2.45, 2.75) is 20.0 Å². The smallest absolute Gasteiger partial charge is 0.279 e. The van der Waals surface area contributed by atoms with Crippen molar-refractivity contribution in [1.82, 2.24) is 10.9 Å². The molecule has 2 amide bonds. The maximum atomic E-state index is 11.9. The Morgan fingerprint density at radius 1 is 1.00 bits per heavy atom. The van der Waals surface area contributed by atoms with Gasteiger partial charge in [0.1, 0.15) is 5.75 Å². The van der Waals surface area contributed by atoms with Gasteiger partial charge in [0.05, 0.1) is 0 Å². The molecule has 0 radical (unpaired) electrons. The van der Waals surface area contributed by atoms with E-state index in [4.69, 9.17) is 16.3 Å². The second-order valence-corrected chi connectivity index (χ2v) is 5.46. The Balaban J connectivity index is 1.84. The van der Waals surface area contributed by atoms with Gasteiger partial charge in [0.2, 0.25) is 0 Å². The van der Waals surface area contributed by atoms with Gasteiger partial charge in [-0.3, -0.25) is 20.4 Å². The molecule has 0 saturated carbocycles. The first-order valence-electron chi connectivity index (χ1n) is 7.05. The van der Waals surface area contributed by atoms with E-state index in [1.807, 2.05) is 19.1 Å². The fraction of sp³-hybridized carbons (Fsp3) is 0.176. The molecule has 0 aliphatic heterocycles. The summed E-state index contributed by atoms with van der Waals surface area (Å²) in [6.45, 7) is 3.52. The van der Waals surface area contributed by atoms with Crippen molar-refractivity contribution in [3.05, 3.63) is 64.7 Å². The van der Waals surface area contributed by atoms with Crippen LogP contribution in [0.1, 0.15) is 22.8 Å². The fourth-order valence-corrected chi connectivity index (χ4v) is 1.89. The topological polar surface area (TPSA) is 67.4 Å². The van der Waals surface area contributed by atoms with Crippen molar-refractivity contribution in [3.63, 3.8) is 0 Å². The van der Waals surface area contributed by atoms with Gasteiger partial charge in [0.15, 0.2) is 6.10 Å². The number of ether oxygens (including phenoxy) is 1. The first-order chi connectivity index (χ1) is 11.0. The van der Waals surface area contributed by atoms with Crippen LogP contribution in [-0.2, 0) is 4.79 Å². The maximum absolute atomic E-state index is 11.9. The van der Waals surface area contributed by atoms with E-state index in [1.54, 1.807) is 43.3 Å². The molecule has 0 aliphatic carbocycles. The van der Waals surface area contributed by atoms with E-state index in [-0.39, 0.29) is 0 Å². The molecule has 0 aliphatic rings. The average Bonchev–Trinajstić information content (AvgIpc) is 2.55. The predicted molar refractivity (Wildman–Crippen MR) is 88.3 cm³/mol. The summed E-state index contributed by atoms with van der Waals surface area (Å²) in [7, 11) is 0. The number of carbonyl (C=O) groups is 2. The number of aryl methyl sites for hydroxylation is 1. The quantitative estimate of drug-likeness (QED) is 0.846. The van der Waals surface area contributed by atoms with Crippen LogP contribution < -0.4 is 15.6 Å². The molecule has 2 N–H and O–H groups in total. The largest absolute Gasteiger partial charge is 0.481 e. The molecule has 6 heteroatoms. The summed E-state index contributed by atoms with van der Waals surface area (Å²) in [4.78, 5) is 23.8. The van der Waals surface area contributed by atoms with Crippen molar-refractivity contribution in [1.29, 1.82) is 0 Å². The highest BCUT2D eigenvalue weighted by atomic mass is 35.5. The Morgan fingerprint density at radius 3 is 2.22 bits per heavy atom. The van der Waals surface area contributed by atoms with Crippen LogP contribution in [0.5, 0.6) is 5.75 Å². The molecule has 0 heterocycles. The molecule has 2 rings (SSSR count). The molecule has 120 valence electrons. The van der Waals surface area contributed by atoms with Crippen LogP contribution in [0.2, 0.25) is 5.02 Å². The highest BCUT2D eigenvalue weighted by molar-refractivity contribution is 6.30. The number of hydrogen-bond acceptors (Lipinski definition) is 3. The van der Waals surface area contributed by atoms with Gasteiger partial charge in [-0.15, -0.1) is 0 Å². The molecule has 0 spiro atoms. The summed E-state index contributed by atoms with van der Waals surface area (Å²) in [5.41, 5.74) is 6.20. The predicted octanol–water partition coefficient (Wildman–Crippen LogP) is 2.88. The zero-order chi connectivity index (χ0) is 16.8. The van der Waals surface area contributed by atoms with Gasteiger partial charge in [0.25, 0.3) is 11.8 Å². The minimum Gasteiger partial charge on any atom is -0.481 e. The number of carbonyl (C=O) groups excluding carboxylic acids is 2. The van der Waals surface area contributed by atoms with Crippen LogP contribution in [0.15, 0.2) is 48.5 Å². The minimum absolute atomic E-state index is 0.392. The van der Waals surface area contributed by atoms with Crippen LogP contribution in [0.25, 0.3) is 0 Å². The number of benzene rings is 2. The molecule has 2 aromatic rings. The zero-order valence-electron chi connectivity index (χ0n) is 12.8. The molecular formula is C17H17ClN2O3. The monoisotopic (exact) mass is 332 g/mol. The van der Waals surface area contributed by atoms with E-state index in [0.29, 0.717) is 16.3 Å². The summed E-state index contributed by atoms with van der Waals surface area (Å²) < 4.78 is 5.46. The number of amides is 2. The zero-order valence-corrected chi connectivity index (χ0v) is 13.6. The van der Waals surface area contributed by atoms with Crippen LogP contribution in [0.4, 0.5) is 0 Å². The lowest BCUT2D eigenvalue weighted by atomic mass is 10.1. The van der Waals surface area contributed by atoms with Gasteiger partial charge in [-0.2, -0.15) is 0 Å².